The normalized spacial score (nSPS) is 19.6. The molecule has 1 fully saturated rings. The van der Waals surface area contributed by atoms with Crippen molar-refractivity contribution < 1.29 is 23.2 Å². The van der Waals surface area contributed by atoms with Crippen molar-refractivity contribution in [2.24, 2.45) is 0 Å². The lowest BCUT2D eigenvalue weighted by molar-refractivity contribution is -0.131. The van der Waals surface area contributed by atoms with Gasteiger partial charge in [0.25, 0.3) is 5.91 Å². The van der Waals surface area contributed by atoms with Crippen LogP contribution in [0.1, 0.15) is 29.3 Å². The van der Waals surface area contributed by atoms with Gasteiger partial charge < -0.3 is 5.32 Å². The molecule has 3 amide bonds. The summed E-state index contributed by atoms with van der Waals surface area (Å²) in [6.45, 7) is 1.12. The van der Waals surface area contributed by atoms with E-state index in [1.807, 2.05) is 0 Å². The molecule has 5 nitrogen and oxygen atoms in total. The van der Waals surface area contributed by atoms with E-state index >= 15 is 0 Å². The average Bonchev–Trinajstić information content (AvgIpc) is 2.87. The van der Waals surface area contributed by atoms with Gasteiger partial charge in [0.1, 0.15) is 17.2 Å². The second kappa shape index (κ2) is 6.67. The molecule has 1 N–H and O–H groups in total. The standard InChI is InChI=1S/C19H16F2N2O3/c1-2-19(12-7-9-13(20)10-8-12)17(25)23(18(26)22-19)11-16(24)14-5-3-4-6-15(14)21/h3-10H,2,11H2,1H3,(H,22,26)/t19-/m1/s1. The minimum Gasteiger partial charge on any atom is -0.319 e. The highest BCUT2D eigenvalue weighted by Crippen LogP contribution is 2.32. The van der Waals surface area contributed by atoms with Crippen LogP contribution in [0, 0.1) is 11.6 Å². The number of Topliss-reactive ketones (excluding diaryl/α,β-unsaturated/α-hetero) is 1. The van der Waals surface area contributed by atoms with Crippen LogP contribution < -0.4 is 5.32 Å². The topological polar surface area (TPSA) is 66.5 Å². The molecule has 2 aromatic rings. The number of halogens is 2. The van der Waals surface area contributed by atoms with E-state index in [1.54, 1.807) is 6.92 Å². The van der Waals surface area contributed by atoms with Gasteiger partial charge in [-0.2, -0.15) is 0 Å². The van der Waals surface area contributed by atoms with Gasteiger partial charge in [-0.05, 0) is 36.2 Å². The lowest BCUT2D eigenvalue weighted by Crippen LogP contribution is -2.43. The Morgan fingerprint density at radius 1 is 1.08 bits per heavy atom. The van der Waals surface area contributed by atoms with E-state index in [0.717, 1.165) is 11.0 Å². The van der Waals surface area contributed by atoms with Gasteiger partial charge in [-0.1, -0.05) is 31.2 Å². The van der Waals surface area contributed by atoms with Crippen LogP contribution in [0.2, 0.25) is 0 Å². The van der Waals surface area contributed by atoms with Crippen molar-refractivity contribution in [2.75, 3.05) is 6.54 Å². The van der Waals surface area contributed by atoms with E-state index in [1.165, 1.54) is 42.5 Å². The van der Waals surface area contributed by atoms with Crippen molar-refractivity contribution >= 4 is 17.7 Å². The molecule has 1 heterocycles. The maximum atomic E-state index is 13.8. The molecule has 3 rings (SSSR count). The van der Waals surface area contributed by atoms with Crippen LogP contribution in [-0.2, 0) is 10.3 Å². The van der Waals surface area contributed by atoms with Crippen LogP contribution in [0.5, 0.6) is 0 Å². The van der Waals surface area contributed by atoms with Gasteiger partial charge in [0.05, 0.1) is 12.1 Å². The zero-order valence-corrected chi connectivity index (χ0v) is 14.0. The summed E-state index contributed by atoms with van der Waals surface area (Å²) in [5, 5.41) is 2.59. The van der Waals surface area contributed by atoms with Crippen LogP contribution in [0.25, 0.3) is 0 Å². The quantitative estimate of drug-likeness (QED) is 0.660. The van der Waals surface area contributed by atoms with Crippen LogP contribution in [0.4, 0.5) is 13.6 Å². The molecule has 0 saturated carbocycles. The van der Waals surface area contributed by atoms with Gasteiger partial charge in [0.15, 0.2) is 5.78 Å². The average molecular weight is 358 g/mol. The first-order valence-electron chi connectivity index (χ1n) is 8.07. The molecule has 7 heteroatoms. The van der Waals surface area contributed by atoms with Gasteiger partial charge in [-0.3, -0.25) is 14.5 Å². The minimum atomic E-state index is -1.37. The molecule has 26 heavy (non-hydrogen) atoms. The second-order valence-corrected chi connectivity index (χ2v) is 5.99. The van der Waals surface area contributed by atoms with E-state index < -0.39 is 41.4 Å². The fourth-order valence-electron chi connectivity index (χ4n) is 3.06. The molecule has 1 saturated heterocycles. The molecule has 1 aliphatic rings. The summed E-state index contributed by atoms with van der Waals surface area (Å²) in [7, 11) is 0. The smallest absolute Gasteiger partial charge is 0.319 e. The first kappa shape index (κ1) is 17.7. The third-order valence-corrected chi connectivity index (χ3v) is 4.52. The van der Waals surface area contributed by atoms with Crippen LogP contribution >= 0.6 is 0 Å². The number of nitrogens with one attached hydrogen (secondary N) is 1. The Labute approximate surface area is 148 Å². The Kier molecular flexibility index (Phi) is 4.54. The van der Waals surface area contributed by atoms with Gasteiger partial charge in [0, 0.05) is 0 Å². The predicted molar refractivity (Wildman–Crippen MR) is 89.3 cm³/mol. The van der Waals surface area contributed by atoms with Gasteiger partial charge in [-0.15, -0.1) is 0 Å². The molecule has 1 atom stereocenters. The monoisotopic (exact) mass is 358 g/mol. The lowest BCUT2D eigenvalue weighted by Gasteiger charge is -2.25. The molecule has 0 aliphatic carbocycles. The third kappa shape index (κ3) is 2.85. The zero-order valence-electron chi connectivity index (χ0n) is 14.0. The highest BCUT2D eigenvalue weighted by atomic mass is 19.1. The number of rotatable bonds is 5. The molecule has 0 radical (unpaired) electrons. The Morgan fingerprint density at radius 2 is 1.73 bits per heavy atom. The van der Waals surface area contributed by atoms with Crippen LogP contribution in [0.15, 0.2) is 48.5 Å². The SMILES string of the molecule is CC[C@]1(c2ccc(F)cc2)NC(=O)N(CC(=O)c2ccccc2F)C1=O. The first-order chi connectivity index (χ1) is 12.4. The number of benzene rings is 2. The Morgan fingerprint density at radius 3 is 2.35 bits per heavy atom. The van der Waals surface area contributed by atoms with Crippen molar-refractivity contribution in [3.8, 4) is 0 Å². The van der Waals surface area contributed by atoms with Crippen molar-refractivity contribution in [1.82, 2.24) is 10.2 Å². The van der Waals surface area contributed by atoms with E-state index in [9.17, 15) is 23.2 Å². The molecule has 134 valence electrons. The minimum absolute atomic E-state index is 0.191. The molecule has 0 unspecified atom stereocenters. The maximum absolute atomic E-state index is 13.8. The molecular weight excluding hydrogens is 342 g/mol. The van der Waals surface area contributed by atoms with Crippen molar-refractivity contribution in [3.63, 3.8) is 0 Å². The molecule has 2 aromatic carbocycles. The van der Waals surface area contributed by atoms with Crippen LogP contribution in [-0.4, -0.2) is 29.2 Å². The summed E-state index contributed by atoms with van der Waals surface area (Å²) < 4.78 is 27.0. The lowest BCUT2D eigenvalue weighted by atomic mass is 9.87. The number of carbonyl (C=O) groups excluding carboxylic acids is 3. The number of nitrogens with zero attached hydrogens (tertiary/aromatic N) is 1. The summed E-state index contributed by atoms with van der Waals surface area (Å²) in [4.78, 5) is 38.3. The fourth-order valence-corrected chi connectivity index (χ4v) is 3.06. The number of imide groups is 1. The molecular formula is C19H16F2N2O3. The van der Waals surface area contributed by atoms with Crippen molar-refractivity contribution in [1.29, 1.82) is 0 Å². The van der Waals surface area contributed by atoms with Crippen LogP contribution in [0.3, 0.4) is 0 Å². The van der Waals surface area contributed by atoms with E-state index in [2.05, 4.69) is 5.32 Å². The molecule has 1 aliphatic heterocycles. The van der Waals surface area contributed by atoms with E-state index in [0.29, 0.717) is 5.56 Å². The Bertz CT molecular complexity index is 883. The number of urea groups is 1. The number of carbonyl (C=O) groups is 3. The van der Waals surface area contributed by atoms with Gasteiger partial charge in [0.2, 0.25) is 0 Å². The number of amides is 3. The summed E-state index contributed by atoms with van der Waals surface area (Å²) in [6, 6.07) is 9.84. The Balaban J connectivity index is 1.90. The number of hydrogen-bond acceptors (Lipinski definition) is 3. The third-order valence-electron chi connectivity index (χ3n) is 4.52. The summed E-state index contributed by atoms with van der Waals surface area (Å²) in [5.74, 6) is -2.49. The molecule has 0 aromatic heterocycles. The van der Waals surface area contributed by atoms with Gasteiger partial charge in [-0.25, -0.2) is 13.6 Å². The maximum Gasteiger partial charge on any atom is 0.325 e. The number of hydrogen-bond donors (Lipinski definition) is 1. The predicted octanol–water partition coefficient (Wildman–Crippen LogP) is 3.00. The summed E-state index contributed by atoms with van der Waals surface area (Å²) >= 11 is 0. The highest BCUT2D eigenvalue weighted by Gasteiger charge is 2.51. The van der Waals surface area contributed by atoms with E-state index in [-0.39, 0.29) is 12.0 Å². The largest absolute Gasteiger partial charge is 0.325 e. The molecule has 0 bridgehead atoms. The number of ketones is 1. The van der Waals surface area contributed by atoms with Crippen molar-refractivity contribution in [2.45, 2.75) is 18.9 Å². The summed E-state index contributed by atoms with van der Waals surface area (Å²) in [5.41, 5.74) is -1.15. The summed E-state index contributed by atoms with van der Waals surface area (Å²) in [6.07, 6.45) is 0.216. The molecule has 0 spiro atoms. The van der Waals surface area contributed by atoms with Gasteiger partial charge >= 0.3 is 6.03 Å². The van der Waals surface area contributed by atoms with E-state index in [4.69, 9.17) is 0 Å². The second-order valence-electron chi connectivity index (χ2n) is 5.99. The Hall–Kier alpha value is -3.09. The highest BCUT2D eigenvalue weighted by molar-refractivity contribution is 6.11. The fraction of sp³-hybridized carbons (Fsp3) is 0.211. The zero-order chi connectivity index (χ0) is 18.9. The van der Waals surface area contributed by atoms with Crippen molar-refractivity contribution in [3.05, 3.63) is 71.3 Å². The first-order valence-corrected chi connectivity index (χ1v) is 8.07.